The molecular formula is C37H39ClN6O7. The molecule has 0 saturated carbocycles. The van der Waals surface area contributed by atoms with Gasteiger partial charge in [-0.15, -0.1) is 0 Å². The van der Waals surface area contributed by atoms with E-state index in [2.05, 4.69) is 10.6 Å². The summed E-state index contributed by atoms with van der Waals surface area (Å²) in [6, 6.07) is 12.5. The van der Waals surface area contributed by atoms with Crippen LogP contribution >= 0.6 is 11.6 Å². The molecule has 1 unspecified atom stereocenters. The number of carbonyl (C=O) groups excluding carboxylic acids is 3. The number of aromatic nitrogens is 3. The number of amides is 3. The molecule has 266 valence electrons. The Morgan fingerprint density at radius 1 is 1.06 bits per heavy atom. The van der Waals surface area contributed by atoms with E-state index in [1.807, 2.05) is 37.3 Å². The van der Waals surface area contributed by atoms with E-state index >= 15 is 0 Å². The van der Waals surface area contributed by atoms with Crippen molar-refractivity contribution in [3.8, 4) is 28.3 Å². The molecule has 6 rings (SSSR count). The van der Waals surface area contributed by atoms with Crippen LogP contribution in [0.3, 0.4) is 0 Å². The molecular weight excluding hydrogens is 676 g/mol. The maximum atomic E-state index is 13.2. The third-order valence-corrected chi connectivity index (χ3v) is 9.95. The van der Waals surface area contributed by atoms with Gasteiger partial charge in [0.05, 0.1) is 30.5 Å². The number of fused-ring (bicyclic) bond motifs is 1. The van der Waals surface area contributed by atoms with Crippen molar-refractivity contribution in [1.29, 1.82) is 0 Å². The zero-order valence-corrected chi connectivity index (χ0v) is 29.8. The number of anilines is 1. The second-order valence-electron chi connectivity index (χ2n) is 12.7. The van der Waals surface area contributed by atoms with E-state index in [9.17, 15) is 24.0 Å². The second-order valence-corrected chi connectivity index (χ2v) is 13.1. The van der Waals surface area contributed by atoms with Crippen LogP contribution in [0.1, 0.15) is 59.3 Å². The quantitative estimate of drug-likeness (QED) is 0.252. The predicted octanol–water partition coefficient (Wildman–Crippen LogP) is 4.76. The molecule has 1 fully saturated rings. The highest BCUT2D eigenvalue weighted by Crippen LogP contribution is 2.45. The molecule has 4 aromatic rings. The molecule has 3 amide bonds. The topological polar surface area (TPSA) is 154 Å². The fraction of sp³-hybridized carbons (Fsp3) is 0.351. The highest BCUT2D eigenvalue weighted by atomic mass is 35.5. The molecule has 2 N–H and O–H groups in total. The number of halogens is 1. The summed E-state index contributed by atoms with van der Waals surface area (Å²) in [5.74, 6) is -0.297. The number of hydrogen-bond acceptors (Lipinski definition) is 8. The minimum absolute atomic E-state index is 0.0290. The smallest absolute Gasteiger partial charge is 0.410 e. The lowest BCUT2D eigenvalue weighted by molar-refractivity contribution is -0.119. The Bertz CT molecular complexity index is 2180. The Hall–Kier alpha value is -5.43. The van der Waals surface area contributed by atoms with Crippen LogP contribution in [0.25, 0.3) is 22.4 Å². The molecule has 0 bridgehead atoms. The zero-order chi connectivity index (χ0) is 36.6. The normalized spacial score (nSPS) is 16.4. The van der Waals surface area contributed by atoms with Crippen molar-refractivity contribution in [2.45, 2.75) is 51.6 Å². The molecule has 2 atom stereocenters. The number of ether oxygens (including phenoxy) is 2. The van der Waals surface area contributed by atoms with Gasteiger partial charge in [0.1, 0.15) is 5.56 Å². The molecule has 1 saturated heterocycles. The standard InChI is InChI=1S/C37H39ClN6O7/c1-6-51-37(49)44(18-22-14-16-30(45)39-22)29-15-13-21-17-28(41-34(50-5)31(21)29)25-11-7-10-24(32(25)38)23-9-8-12-27(20(23)2)40-33(46)26-19-42(3)36(48)43(4)35(26)47/h7-12,17,19,22,29H,6,13-16,18H2,1-5H3,(H,39,45)(H,40,46)/t22?,29-/m1/s1. The van der Waals surface area contributed by atoms with Crippen LogP contribution in [0.15, 0.2) is 58.3 Å². The Kier molecular flexibility index (Phi) is 10.0. The zero-order valence-electron chi connectivity index (χ0n) is 29.0. The van der Waals surface area contributed by atoms with Gasteiger partial charge >= 0.3 is 11.8 Å². The van der Waals surface area contributed by atoms with E-state index < -0.39 is 23.2 Å². The van der Waals surface area contributed by atoms with Gasteiger partial charge in [-0.2, -0.15) is 0 Å². The summed E-state index contributed by atoms with van der Waals surface area (Å²) in [4.78, 5) is 69.7. The van der Waals surface area contributed by atoms with E-state index in [1.165, 1.54) is 24.9 Å². The second kappa shape index (κ2) is 14.4. The fourth-order valence-corrected chi connectivity index (χ4v) is 7.25. The van der Waals surface area contributed by atoms with E-state index in [1.54, 1.807) is 31.1 Å². The highest BCUT2D eigenvalue weighted by molar-refractivity contribution is 6.36. The lowest BCUT2D eigenvalue weighted by atomic mass is 9.96. The molecule has 0 spiro atoms. The number of rotatable bonds is 9. The van der Waals surface area contributed by atoms with Gasteiger partial charge in [-0.3, -0.25) is 23.9 Å². The van der Waals surface area contributed by atoms with Gasteiger partial charge in [-0.1, -0.05) is 41.9 Å². The number of carbonyl (C=O) groups is 3. The van der Waals surface area contributed by atoms with E-state index in [4.69, 9.17) is 26.1 Å². The number of nitrogens with one attached hydrogen (secondary N) is 2. The van der Waals surface area contributed by atoms with Gasteiger partial charge in [0, 0.05) is 61.7 Å². The van der Waals surface area contributed by atoms with Gasteiger partial charge in [0.25, 0.3) is 11.5 Å². The highest BCUT2D eigenvalue weighted by Gasteiger charge is 2.38. The number of methoxy groups -OCH3 is 1. The first kappa shape index (κ1) is 35.4. The minimum Gasteiger partial charge on any atom is -0.481 e. The molecule has 3 heterocycles. The summed E-state index contributed by atoms with van der Waals surface area (Å²) in [5.41, 5.74) is 4.28. The summed E-state index contributed by atoms with van der Waals surface area (Å²) < 4.78 is 13.3. The summed E-state index contributed by atoms with van der Waals surface area (Å²) in [7, 11) is 4.34. The van der Waals surface area contributed by atoms with Crippen molar-refractivity contribution >= 4 is 35.2 Å². The van der Waals surface area contributed by atoms with Crippen molar-refractivity contribution in [2.75, 3.05) is 25.6 Å². The van der Waals surface area contributed by atoms with Crippen LogP contribution < -0.4 is 26.6 Å². The molecule has 1 aliphatic heterocycles. The molecule has 13 nitrogen and oxygen atoms in total. The first-order chi connectivity index (χ1) is 24.4. The number of pyridine rings is 1. The maximum absolute atomic E-state index is 13.2. The van der Waals surface area contributed by atoms with Gasteiger partial charge in [0.15, 0.2) is 0 Å². The molecule has 2 aliphatic rings. The third-order valence-electron chi connectivity index (χ3n) is 9.54. The average molecular weight is 715 g/mol. The van der Waals surface area contributed by atoms with Crippen molar-refractivity contribution in [2.24, 2.45) is 14.1 Å². The summed E-state index contributed by atoms with van der Waals surface area (Å²) >= 11 is 7.13. The minimum atomic E-state index is -0.695. The summed E-state index contributed by atoms with van der Waals surface area (Å²) in [5, 5.41) is 6.20. The number of nitrogens with zero attached hydrogens (tertiary/aromatic N) is 4. The number of benzene rings is 2. The van der Waals surface area contributed by atoms with Crippen LogP contribution in [-0.2, 0) is 30.0 Å². The number of hydrogen-bond donors (Lipinski definition) is 2. The Labute approximate surface area is 299 Å². The van der Waals surface area contributed by atoms with Crippen molar-refractivity contribution in [3.63, 3.8) is 0 Å². The van der Waals surface area contributed by atoms with Crippen LogP contribution in [0.2, 0.25) is 5.02 Å². The lowest BCUT2D eigenvalue weighted by Crippen LogP contribution is -2.43. The first-order valence-electron chi connectivity index (χ1n) is 16.7. The van der Waals surface area contributed by atoms with E-state index in [0.29, 0.717) is 71.2 Å². The van der Waals surface area contributed by atoms with Crippen LogP contribution in [0.4, 0.5) is 10.5 Å². The molecule has 1 aliphatic carbocycles. The van der Waals surface area contributed by atoms with Crippen LogP contribution in [-0.4, -0.2) is 63.2 Å². The van der Waals surface area contributed by atoms with Gasteiger partial charge < -0.3 is 24.7 Å². The van der Waals surface area contributed by atoms with Crippen LogP contribution in [0.5, 0.6) is 5.88 Å². The first-order valence-corrected chi connectivity index (χ1v) is 17.1. The van der Waals surface area contributed by atoms with Gasteiger partial charge in [-0.25, -0.2) is 14.6 Å². The van der Waals surface area contributed by atoms with Crippen molar-refractivity contribution < 1.29 is 23.9 Å². The largest absolute Gasteiger partial charge is 0.481 e. The SMILES string of the molecule is CCOC(=O)N(CC1CCC(=O)N1)[C@@H]1CCc2cc(-c3cccc(-c4cccc(NC(=O)c5cn(C)c(=O)n(C)c5=O)c4C)c3Cl)nc(OC)c21. The third kappa shape index (κ3) is 6.73. The van der Waals surface area contributed by atoms with E-state index in [0.717, 1.165) is 21.3 Å². The monoisotopic (exact) mass is 714 g/mol. The Morgan fingerprint density at radius 2 is 1.78 bits per heavy atom. The van der Waals surface area contributed by atoms with E-state index in [-0.39, 0.29) is 30.2 Å². The lowest BCUT2D eigenvalue weighted by Gasteiger charge is -2.31. The summed E-state index contributed by atoms with van der Waals surface area (Å²) in [6.45, 7) is 4.14. The maximum Gasteiger partial charge on any atom is 0.410 e. The number of aryl methyl sites for hydroxylation is 2. The average Bonchev–Trinajstić information content (AvgIpc) is 3.74. The van der Waals surface area contributed by atoms with Crippen molar-refractivity contribution in [1.82, 2.24) is 24.3 Å². The fourth-order valence-electron chi connectivity index (χ4n) is 6.93. The van der Waals surface area contributed by atoms with Gasteiger partial charge in [-0.05, 0) is 61.9 Å². The van der Waals surface area contributed by atoms with Crippen LogP contribution in [0, 0.1) is 6.92 Å². The molecule has 14 heteroatoms. The Morgan fingerprint density at radius 3 is 2.49 bits per heavy atom. The van der Waals surface area contributed by atoms with Gasteiger partial charge in [0.2, 0.25) is 11.8 Å². The van der Waals surface area contributed by atoms with Crippen molar-refractivity contribution in [3.05, 3.63) is 96.8 Å². The molecule has 51 heavy (non-hydrogen) atoms. The Balaban J connectivity index is 1.33. The predicted molar refractivity (Wildman–Crippen MR) is 192 cm³/mol. The molecule has 2 aromatic carbocycles. The molecule has 0 radical (unpaired) electrons. The molecule has 2 aromatic heterocycles. The summed E-state index contributed by atoms with van der Waals surface area (Å²) in [6.07, 6.45) is 3.13.